The van der Waals surface area contributed by atoms with Crippen molar-refractivity contribution in [3.8, 4) is 0 Å². The van der Waals surface area contributed by atoms with E-state index in [4.69, 9.17) is 9.72 Å². The highest BCUT2D eigenvalue weighted by Crippen LogP contribution is 2.40. The molecule has 2 aliphatic heterocycles. The maximum absolute atomic E-state index is 12.9. The van der Waals surface area contributed by atoms with Gasteiger partial charge in [0.15, 0.2) is 11.6 Å². The zero-order chi connectivity index (χ0) is 21.4. The fourth-order valence-electron chi connectivity index (χ4n) is 5.37. The van der Waals surface area contributed by atoms with E-state index in [1.54, 1.807) is 0 Å². The minimum absolute atomic E-state index is 0.0187. The zero-order valence-corrected chi connectivity index (χ0v) is 18.8. The summed E-state index contributed by atoms with van der Waals surface area (Å²) in [5.41, 5.74) is 4.37. The molecule has 1 aromatic heterocycles. The summed E-state index contributed by atoms with van der Waals surface area (Å²) in [5.74, 6) is 1.92. The number of aromatic nitrogens is 1. The Morgan fingerprint density at radius 3 is 2.39 bits per heavy atom. The van der Waals surface area contributed by atoms with Crippen LogP contribution in [0.5, 0.6) is 0 Å². The molecule has 0 spiro atoms. The van der Waals surface area contributed by atoms with Crippen molar-refractivity contribution in [2.75, 3.05) is 49.2 Å². The van der Waals surface area contributed by atoms with Crippen molar-refractivity contribution in [1.82, 2.24) is 4.98 Å². The molecule has 0 atom stereocenters. The van der Waals surface area contributed by atoms with Crippen LogP contribution in [0.1, 0.15) is 60.6 Å². The number of piperidine rings is 1. The van der Waals surface area contributed by atoms with E-state index in [0.29, 0.717) is 12.3 Å². The number of pyridine rings is 1. The Kier molecular flexibility index (Phi) is 5.47. The molecule has 0 radical (unpaired) electrons. The standard InChI is InChI=1S/C26H33N3O2/c1-26(2)17-22-21(24(30)18-26)16-23(28-12-14-31-15-13-28)25(27-22)29-10-8-20(9-11-29)19-6-4-3-5-7-19/h3-7,16,20H,8-15,17-18H2,1-2H3. The quantitative estimate of drug-likeness (QED) is 0.735. The van der Waals surface area contributed by atoms with Crippen molar-refractivity contribution < 1.29 is 9.53 Å². The Morgan fingerprint density at radius 2 is 1.68 bits per heavy atom. The van der Waals surface area contributed by atoms with E-state index in [-0.39, 0.29) is 11.2 Å². The van der Waals surface area contributed by atoms with Gasteiger partial charge in [0.1, 0.15) is 0 Å². The molecule has 164 valence electrons. The number of ketones is 1. The van der Waals surface area contributed by atoms with Gasteiger partial charge in [0.2, 0.25) is 0 Å². The maximum atomic E-state index is 12.9. The average Bonchev–Trinajstić information content (AvgIpc) is 2.79. The van der Waals surface area contributed by atoms with E-state index in [0.717, 1.165) is 81.4 Å². The van der Waals surface area contributed by atoms with Gasteiger partial charge in [0, 0.05) is 38.2 Å². The number of hydrogen-bond acceptors (Lipinski definition) is 5. The van der Waals surface area contributed by atoms with Crippen LogP contribution in [0.2, 0.25) is 0 Å². The highest BCUT2D eigenvalue weighted by molar-refractivity contribution is 6.00. The van der Waals surface area contributed by atoms with Crippen LogP contribution in [0.25, 0.3) is 0 Å². The van der Waals surface area contributed by atoms with Gasteiger partial charge in [-0.15, -0.1) is 0 Å². The molecular formula is C26H33N3O2. The molecule has 0 amide bonds. The molecule has 1 aliphatic carbocycles. The maximum Gasteiger partial charge on any atom is 0.165 e. The van der Waals surface area contributed by atoms with Crippen LogP contribution >= 0.6 is 0 Å². The molecule has 3 aliphatic rings. The van der Waals surface area contributed by atoms with Crippen LogP contribution in [0.4, 0.5) is 11.5 Å². The number of benzene rings is 1. The largest absolute Gasteiger partial charge is 0.378 e. The van der Waals surface area contributed by atoms with Gasteiger partial charge in [-0.25, -0.2) is 4.98 Å². The molecule has 5 nitrogen and oxygen atoms in total. The molecule has 0 saturated carbocycles. The minimum atomic E-state index is -0.0187. The van der Waals surface area contributed by atoms with Crippen LogP contribution in [-0.2, 0) is 11.2 Å². The van der Waals surface area contributed by atoms with Crippen molar-refractivity contribution in [2.24, 2.45) is 5.41 Å². The summed E-state index contributed by atoms with van der Waals surface area (Å²) in [6.07, 6.45) is 3.74. The fraction of sp³-hybridized carbons (Fsp3) is 0.538. The van der Waals surface area contributed by atoms with Crippen LogP contribution in [-0.4, -0.2) is 50.2 Å². The summed E-state index contributed by atoms with van der Waals surface area (Å²) in [6, 6.07) is 13.0. The number of morpholine rings is 1. The Labute approximate surface area is 185 Å². The topological polar surface area (TPSA) is 45.7 Å². The Bertz CT molecular complexity index is 943. The number of Topliss-reactive ketones (excluding diaryl/α,β-unsaturated/α-hetero) is 1. The number of ether oxygens (including phenoxy) is 1. The Morgan fingerprint density at radius 1 is 0.968 bits per heavy atom. The van der Waals surface area contributed by atoms with Gasteiger partial charge in [-0.1, -0.05) is 44.2 Å². The lowest BCUT2D eigenvalue weighted by molar-refractivity contribution is 0.0910. The van der Waals surface area contributed by atoms with Gasteiger partial charge >= 0.3 is 0 Å². The number of hydrogen-bond donors (Lipinski definition) is 0. The molecule has 2 fully saturated rings. The summed E-state index contributed by atoms with van der Waals surface area (Å²) >= 11 is 0. The van der Waals surface area contributed by atoms with Crippen molar-refractivity contribution in [3.05, 3.63) is 53.2 Å². The van der Waals surface area contributed by atoms with Crippen LogP contribution in [0, 0.1) is 5.41 Å². The van der Waals surface area contributed by atoms with Gasteiger partial charge in [-0.3, -0.25) is 4.79 Å². The first kappa shape index (κ1) is 20.5. The molecule has 5 heteroatoms. The van der Waals surface area contributed by atoms with Crippen LogP contribution in [0.3, 0.4) is 0 Å². The van der Waals surface area contributed by atoms with E-state index in [2.05, 4.69) is 60.0 Å². The van der Waals surface area contributed by atoms with Gasteiger partial charge < -0.3 is 14.5 Å². The van der Waals surface area contributed by atoms with Crippen LogP contribution in [0.15, 0.2) is 36.4 Å². The van der Waals surface area contributed by atoms with Crippen molar-refractivity contribution in [2.45, 2.75) is 45.4 Å². The van der Waals surface area contributed by atoms with E-state index in [9.17, 15) is 4.79 Å². The van der Waals surface area contributed by atoms with Crippen molar-refractivity contribution in [3.63, 3.8) is 0 Å². The Hall–Kier alpha value is -2.40. The number of nitrogens with zero attached hydrogens (tertiary/aromatic N) is 3. The molecule has 3 heterocycles. The predicted octanol–water partition coefficient (Wildman–Crippen LogP) is 4.46. The predicted molar refractivity (Wildman–Crippen MR) is 124 cm³/mol. The lowest BCUT2D eigenvalue weighted by Gasteiger charge is -2.39. The van der Waals surface area contributed by atoms with Crippen molar-refractivity contribution in [1.29, 1.82) is 0 Å². The molecule has 0 N–H and O–H groups in total. The number of rotatable bonds is 3. The Balaban J connectivity index is 1.46. The highest BCUT2D eigenvalue weighted by atomic mass is 16.5. The van der Waals surface area contributed by atoms with Gasteiger partial charge in [-0.2, -0.15) is 0 Å². The first-order valence-corrected chi connectivity index (χ1v) is 11.7. The second kappa shape index (κ2) is 8.27. The van der Waals surface area contributed by atoms with E-state index < -0.39 is 0 Å². The second-order valence-electron chi connectivity index (χ2n) is 10.0. The zero-order valence-electron chi connectivity index (χ0n) is 18.8. The normalized spacial score (nSPS) is 21.8. The summed E-state index contributed by atoms with van der Waals surface area (Å²) < 4.78 is 5.59. The van der Waals surface area contributed by atoms with Gasteiger partial charge in [-0.05, 0) is 42.2 Å². The third-order valence-electron chi connectivity index (χ3n) is 7.06. The third kappa shape index (κ3) is 4.20. The summed E-state index contributed by atoms with van der Waals surface area (Å²) in [6.45, 7) is 9.52. The molecule has 31 heavy (non-hydrogen) atoms. The van der Waals surface area contributed by atoms with Crippen LogP contribution < -0.4 is 9.80 Å². The molecule has 1 aromatic carbocycles. The molecule has 5 rings (SSSR count). The number of anilines is 2. The van der Waals surface area contributed by atoms with Gasteiger partial charge in [0.05, 0.1) is 24.6 Å². The van der Waals surface area contributed by atoms with E-state index in [1.807, 2.05) is 0 Å². The van der Waals surface area contributed by atoms with E-state index in [1.165, 1.54) is 5.56 Å². The smallest absolute Gasteiger partial charge is 0.165 e. The monoisotopic (exact) mass is 419 g/mol. The summed E-state index contributed by atoms with van der Waals surface area (Å²) in [7, 11) is 0. The number of carbonyl (C=O) groups is 1. The molecular weight excluding hydrogens is 386 g/mol. The number of carbonyl (C=O) groups excluding carboxylic acids is 1. The SMILES string of the molecule is CC1(C)CC(=O)c2cc(N3CCOCC3)c(N3CCC(c4ccccc4)CC3)nc2C1. The lowest BCUT2D eigenvalue weighted by Crippen LogP contribution is -2.40. The summed E-state index contributed by atoms with van der Waals surface area (Å²) in [4.78, 5) is 22.9. The fourth-order valence-corrected chi connectivity index (χ4v) is 5.37. The van der Waals surface area contributed by atoms with Gasteiger partial charge in [0.25, 0.3) is 0 Å². The van der Waals surface area contributed by atoms with E-state index >= 15 is 0 Å². The minimum Gasteiger partial charge on any atom is -0.378 e. The second-order valence-corrected chi connectivity index (χ2v) is 10.0. The molecule has 0 bridgehead atoms. The molecule has 2 aromatic rings. The first-order chi connectivity index (χ1) is 15.0. The third-order valence-corrected chi connectivity index (χ3v) is 7.06. The summed E-state index contributed by atoms with van der Waals surface area (Å²) in [5, 5.41) is 0. The first-order valence-electron chi connectivity index (χ1n) is 11.7. The average molecular weight is 420 g/mol. The number of fused-ring (bicyclic) bond motifs is 1. The van der Waals surface area contributed by atoms with Crippen molar-refractivity contribution >= 4 is 17.3 Å². The lowest BCUT2D eigenvalue weighted by atomic mass is 9.75. The molecule has 0 unspecified atom stereocenters. The highest BCUT2D eigenvalue weighted by Gasteiger charge is 2.35. The molecule has 2 saturated heterocycles.